The first-order valence-corrected chi connectivity index (χ1v) is 19.8. The maximum absolute atomic E-state index is 5.17. The first-order chi connectivity index (χ1) is 14.6. The number of hydrogen-bond donors (Lipinski definition) is 0. The van der Waals surface area contributed by atoms with E-state index in [2.05, 4.69) is 107 Å². The van der Waals surface area contributed by atoms with Crippen LogP contribution < -0.4 is 0 Å². The molecule has 0 unspecified atom stereocenters. The second-order valence-corrected chi connectivity index (χ2v) is 24.0. The van der Waals surface area contributed by atoms with E-state index >= 15 is 0 Å². The molecule has 2 aliphatic heterocycles. The Morgan fingerprint density at radius 1 is 0.576 bits per heavy atom. The van der Waals surface area contributed by atoms with Crippen LogP contribution in [0.15, 0.2) is 31.4 Å². The molecule has 33 heavy (non-hydrogen) atoms. The highest BCUT2D eigenvalue weighted by Crippen LogP contribution is 2.51. The van der Waals surface area contributed by atoms with Crippen LogP contribution in [0.1, 0.15) is 65.1 Å². The summed E-state index contributed by atoms with van der Waals surface area (Å²) in [7, 11) is -3.25. The smallest absolute Gasteiger partial charge is 0.174 e. The number of amidine groups is 2. The molecule has 0 bridgehead atoms. The van der Waals surface area contributed by atoms with E-state index in [0.717, 1.165) is 23.1 Å². The predicted octanol–water partition coefficient (Wildman–Crippen LogP) is 7.93. The highest BCUT2D eigenvalue weighted by molar-refractivity contribution is 7.16. The van der Waals surface area contributed by atoms with Gasteiger partial charge in [-0.1, -0.05) is 55.4 Å². The molecule has 0 radical (unpaired) electrons. The molecule has 4 nitrogen and oxygen atoms in total. The Morgan fingerprint density at radius 2 is 0.879 bits per heavy atom. The molecule has 1 aromatic rings. The average molecular weight is 501 g/mol. The first-order valence-electron chi connectivity index (χ1n) is 12.1. The molecule has 0 aromatic carbocycles. The Balaban J connectivity index is 2.11. The van der Waals surface area contributed by atoms with Gasteiger partial charge in [-0.25, -0.2) is 9.98 Å². The van der Waals surface area contributed by atoms with Gasteiger partial charge in [0.15, 0.2) is 16.5 Å². The Labute approximate surface area is 208 Å². The summed E-state index contributed by atoms with van der Waals surface area (Å²) in [4.78, 5) is 12.8. The predicted molar refractivity (Wildman–Crippen MR) is 154 cm³/mol. The molecule has 1 aromatic heterocycles. The maximum Gasteiger partial charge on any atom is 0.174 e. The lowest BCUT2D eigenvalue weighted by molar-refractivity contribution is 0.299. The molecule has 0 spiro atoms. The van der Waals surface area contributed by atoms with E-state index in [0.29, 0.717) is 0 Å². The topological polar surface area (TPSA) is 49.4 Å². The number of thiophene rings is 1. The first kappa shape index (κ1) is 26.4. The van der Waals surface area contributed by atoms with Crippen molar-refractivity contribution in [2.24, 2.45) is 41.0 Å². The third-order valence-corrected chi connectivity index (χ3v) is 10.7. The molecule has 0 saturated heterocycles. The average Bonchev–Trinajstić information content (AvgIpc) is 3.17. The minimum atomic E-state index is -1.63. The van der Waals surface area contributed by atoms with Crippen molar-refractivity contribution in [3.8, 4) is 0 Å². The van der Waals surface area contributed by atoms with E-state index in [1.54, 1.807) is 0 Å². The van der Waals surface area contributed by atoms with E-state index in [1.165, 1.54) is 9.75 Å². The Hall–Kier alpha value is -1.19. The van der Waals surface area contributed by atoms with Gasteiger partial charge in [-0.2, -0.15) is 0 Å². The summed E-state index contributed by atoms with van der Waals surface area (Å²) in [5.41, 5.74) is 1.93. The highest BCUT2D eigenvalue weighted by atomic mass is 32.1. The summed E-state index contributed by atoms with van der Waals surface area (Å²) in [5.74, 6) is 2.03. The molecule has 0 N–H and O–H groups in total. The molecular formula is C26H44N4SSi2. The molecule has 2 aliphatic rings. The van der Waals surface area contributed by atoms with Crippen molar-refractivity contribution < 1.29 is 0 Å². The van der Waals surface area contributed by atoms with Gasteiger partial charge in [0.2, 0.25) is 0 Å². The van der Waals surface area contributed by atoms with Crippen molar-refractivity contribution in [1.82, 2.24) is 0 Å². The molecule has 0 saturated carbocycles. The lowest BCUT2D eigenvalue weighted by Gasteiger charge is -2.36. The van der Waals surface area contributed by atoms with Gasteiger partial charge in [0.25, 0.3) is 0 Å². The molecule has 3 heterocycles. The lowest BCUT2D eigenvalue weighted by Crippen LogP contribution is -2.39. The summed E-state index contributed by atoms with van der Waals surface area (Å²) in [6, 6.07) is 4.49. The monoisotopic (exact) mass is 500 g/mol. The lowest BCUT2D eigenvalue weighted by atomic mass is 9.66. The summed E-state index contributed by atoms with van der Waals surface area (Å²) in [6.07, 6.45) is 0. The molecule has 0 atom stereocenters. The van der Waals surface area contributed by atoms with Crippen LogP contribution in [0.2, 0.25) is 39.3 Å². The van der Waals surface area contributed by atoms with E-state index in [9.17, 15) is 0 Å². The van der Waals surface area contributed by atoms with Crippen molar-refractivity contribution in [3.63, 3.8) is 0 Å². The van der Waals surface area contributed by atoms with Crippen molar-refractivity contribution in [1.29, 1.82) is 0 Å². The molecule has 0 amide bonds. The van der Waals surface area contributed by atoms with Crippen molar-refractivity contribution in [2.45, 2.75) is 94.7 Å². The zero-order chi connectivity index (χ0) is 25.4. The Bertz CT molecular complexity index is 1000. The fraction of sp³-hybridized carbons (Fsp3) is 0.692. The fourth-order valence-corrected chi connectivity index (χ4v) is 7.44. The normalized spacial score (nSPS) is 26.1. The largest absolute Gasteiger partial charge is 0.309 e. The quantitative estimate of drug-likeness (QED) is 0.377. The molecule has 7 heteroatoms. The number of aliphatic imine (C=N–C) groups is 2. The van der Waals surface area contributed by atoms with Gasteiger partial charge < -0.3 is 9.32 Å². The van der Waals surface area contributed by atoms with Crippen LogP contribution in [-0.4, -0.2) is 39.6 Å². The number of hydrogen-bond acceptors (Lipinski definition) is 3. The standard InChI is InChI=1S/C26H44N4SSi2/c1-23(2)19(27-21(25(23,5)6)29-32(9,10)11)17-15-16-18(31-17)20-24(3,4)26(7,8)22(28-20)30-33(12,13)14/h15-16H,1-14H3/b29-21-,30-22-. The second-order valence-electron chi connectivity index (χ2n) is 13.8. The van der Waals surface area contributed by atoms with E-state index in [1.807, 2.05) is 11.3 Å². The maximum atomic E-state index is 5.17. The van der Waals surface area contributed by atoms with Crippen LogP contribution in [0.5, 0.6) is 0 Å². The highest BCUT2D eigenvalue weighted by Gasteiger charge is 2.53. The van der Waals surface area contributed by atoms with Crippen LogP contribution in [0.4, 0.5) is 0 Å². The molecule has 0 fully saturated rings. The van der Waals surface area contributed by atoms with Gasteiger partial charge in [0.1, 0.15) is 11.7 Å². The zero-order valence-corrected chi connectivity index (χ0v) is 26.2. The zero-order valence-electron chi connectivity index (χ0n) is 23.4. The SMILES string of the molecule is CC1(C)C(c2ccc(C3=N/C(=N\[Si](C)(C)C)C(C)(C)C3(C)C)s2)=N/C(=N\[Si](C)(C)C)C1(C)C. The van der Waals surface area contributed by atoms with Gasteiger partial charge in [-0.3, -0.25) is 0 Å². The van der Waals surface area contributed by atoms with E-state index in [4.69, 9.17) is 19.3 Å². The summed E-state index contributed by atoms with van der Waals surface area (Å²) >= 11 is 1.82. The minimum Gasteiger partial charge on any atom is -0.309 e. The van der Waals surface area contributed by atoms with Crippen molar-refractivity contribution in [3.05, 3.63) is 21.9 Å². The fourth-order valence-electron chi connectivity index (χ4n) is 4.21. The van der Waals surface area contributed by atoms with Gasteiger partial charge >= 0.3 is 0 Å². The van der Waals surface area contributed by atoms with Gasteiger partial charge in [-0.05, 0) is 51.4 Å². The van der Waals surface area contributed by atoms with E-state index in [-0.39, 0.29) is 21.7 Å². The van der Waals surface area contributed by atoms with Gasteiger partial charge in [0.05, 0.1) is 11.4 Å². The van der Waals surface area contributed by atoms with Crippen molar-refractivity contribution in [2.75, 3.05) is 0 Å². The summed E-state index contributed by atoms with van der Waals surface area (Å²) < 4.78 is 10.3. The van der Waals surface area contributed by atoms with Gasteiger partial charge in [-0.15, -0.1) is 11.3 Å². The number of rotatable bonds is 4. The molecule has 0 aliphatic carbocycles. The molecule has 3 rings (SSSR count). The van der Waals surface area contributed by atoms with Crippen LogP contribution >= 0.6 is 11.3 Å². The Morgan fingerprint density at radius 3 is 1.15 bits per heavy atom. The van der Waals surface area contributed by atoms with Crippen LogP contribution in [0.3, 0.4) is 0 Å². The van der Waals surface area contributed by atoms with Gasteiger partial charge in [0, 0.05) is 31.4 Å². The summed E-state index contributed by atoms with van der Waals surface area (Å²) in [5, 5.41) is 0. The Kier molecular flexibility index (Phi) is 6.13. The van der Waals surface area contributed by atoms with E-state index < -0.39 is 16.5 Å². The van der Waals surface area contributed by atoms with Crippen LogP contribution in [0.25, 0.3) is 0 Å². The van der Waals surface area contributed by atoms with Crippen LogP contribution in [-0.2, 0) is 0 Å². The molecule has 182 valence electrons. The minimum absolute atomic E-state index is 0.0929. The second kappa shape index (κ2) is 7.66. The third kappa shape index (κ3) is 4.45. The summed E-state index contributed by atoms with van der Waals surface area (Å²) in [6.45, 7) is 32.1. The molecular weight excluding hydrogens is 457 g/mol. The van der Waals surface area contributed by atoms with Crippen molar-refractivity contribution >= 4 is 50.9 Å². The third-order valence-electron chi connectivity index (χ3n) is 7.82. The number of nitrogens with zero attached hydrogens (tertiary/aromatic N) is 4. The van der Waals surface area contributed by atoms with Crippen LogP contribution in [0, 0.1) is 21.7 Å².